The van der Waals surface area contributed by atoms with Crippen molar-refractivity contribution in [3.05, 3.63) is 23.0 Å². The van der Waals surface area contributed by atoms with E-state index in [9.17, 15) is 0 Å². The fourth-order valence-corrected chi connectivity index (χ4v) is 1.80. The highest BCUT2D eigenvalue weighted by Crippen LogP contribution is 2.12. The van der Waals surface area contributed by atoms with Crippen molar-refractivity contribution in [2.75, 3.05) is 7.05 Å². The zero-order valence-corrected chi connectivity index (χ0v) is 11.2. The van der Waals surface area contributed by atoms with Gasteiger partial charge in [0.15, 0.2) is 5.15 Å². The van der Waals surface area contributed by atoms with Crippen molar-refractivity contribution < 1.29 is 0 Å². The second-order valence-corrected chi connectivity index (χ2v) is 5.13. The molecule has 1 unspecified atom stereocenters. The summed E-state index contributed by atoms with van der Waals surface area (Å²) in [6.45, 7) is 7.54. The maximum absolute atomic E-state index is 5.69. The summed E-state index contributed by atoms with van der Waals surface area (Å²) >= 11 is 5.69. The summed E-state index contributed by atoms with van der Waals surface area (Å²) in [4.78, 5) is 2.29. The lowest BCUT2D eigenvalue weighted by Gasteiger charge is -2.25. The SMILES string of the molecule is CC(C)CC(C)N(C)Cc1ccc(Cl)nn1. The summed E-state index contributed by atoms with van der Waals surface area (Å²) in [7, 11) is 2.11. The molecule has 0 bridgehead atoms. The molecule has 1 rings (SSSR count). The van der Waals surface area contributed by atoms with Crippen molar-refractivity contribution in [1.82, 2.24) is 15.1 Å². The lowest BCUT2D eigenvalue weighted by molar-refractivity contribution is 0.218. The normalized spacial score (nSPS) is 13.4. The first-order chi connectivity index (χ1) is 7.49. The molecule has 3 nitrogen and oxygen atoms in total. The minimum atomic E-state index is 0.446. The number of hydrogen-bond acceptors (Lipinski definition) is 3. The molecule has 0 saturated heterocycles. The smallest absolute Gasteiger partial charge is 0.151 e. The van der Waals surface area contributed by atoms with Crippen LogP contribution in [0.3, 0.4) is 0 Å². The molecular formula is C12H20ClN3. The van der Waals surface area contributed by atoms with E-state index in [2.05, 4.69) is 42.9 Å². The zero-order chi connectivity index (χ0) is 12.1. The van der Waals surface area contributed by atoms with Gasteiger partial charge in [-0.3, -0.25) is 4.90 Å². The molecular weight excluding hydrogens is 222 g/mol. The van der Waals surface area contributed by atoms with Gasteiger partial charge in [0.05, 0.1) is 5.69 Å². The maximum atomic E-state index is 5.69. The Bertz CT molecular complexity index is 311. The van der Waals surface area contributed by atoms with Crippen LogP contribution in [0.25, 0.3) is 0 Å². The average Bonchev–Trinajstić information content (AvgIpc) is 2.20. The number of nitrogens with zero attached hydrogens (tertiary/aromatic N) is 3. The molecule has 4 heteroatoms. The largest absolute Gasteiger partial charge is 0.298 e. The van der Waals surface area contributed by atoms with Crippen LogP contribution < -0.4 is 0 Å². The van der Waals surface area contributed by atoms with Gasteiger partial charge in [-0.25, -0.2) is 0 Å². The molecule has 0 N–H and O–H groups in total. The molecule has 0 spiro atoms. The Balaban J connectivity index is 2.50. The first-order valence-corrected chi connectivity index (χ1v) is 6.05. The van der Waals surface area contributed by atoms with Crippen LogP contribution in [-0.2, 0) is 6.54 Å². The minimum Gasteiger partial charge on any atom is -0.298 e. The van der Waals surface area contributed by atoms with E-state index in [0.717, 1.165) is 12.2 Å². The van der Waals surface area contributed by atoms with Crippen LogP contribution in [0.4, 0.5) is 0 Å². The highest BCUT2D eigenvalue weighted by atomic mass is 35.5. The molecule has 0 aliphatic carbocycles. The molecule has 0 saturated carbocycles. The number of aromatic nitrogens is 2. The van der Waals surface area contributed by atoms with Crippen molar-refractivity contribution in [3.8, 4) is 0 Å². The average molecular weight is 242 g/mol. The minimum absolute atomic E-state index is 0.446. The Morgan fingerprint density at radius 1 is 1.25 bits per heavy atom. The molecule has 0 fully saturated rings. The summed E-state index contributed by atoms with van der Waals surface area (Å²) in [5.41, 5.74) is 0.961. The molecule has 0 amide bonds. The van der Waals surface area contributed by atoms with E-state index in [4.69, 9.17) is 11.6 Å². The van der Waals surface area contributed by atoms with Crippen molar-refractivity contribution in [1.29, 1.82) is 0 Å². The van der Waals surface area contributed by atoms with Gasteiger partial charge in [0, 0.05) is 12.6 Å². The first-order valence-electron chi connectivity index (χ1n) is 5.67. The Morgan fingerprint density at radius 2 is 1.94 bits per heavy atom. The zero-order valence-electron chi connectivity index (χ0n) is 10.4. The second kappa shape index (κ2) is 6.16. The van der Waals surface area contributed by atoms with Gasteiger partial charge in [0.2, 0.25) is 0 Å². The summed E-state index contributed by atoms with van der Waals surface area (Å²) in [5, 5.41) is 8.34. The predicted octanol–water partition coefficient (Wildman–Crippen LogP) is 3.00. The molecule has 1 heterocycles. The van der Waals surface area contributed by atoms with E-state index in [-0.39, 0.29) is 0 Å². The van der Waals surface area contributed by atoms with Gasteiger partial charge in [-0.15, -0.1) is 5.10 Å². The van der Waals surface area contributed by atoms with Crippen molar-refractivity contribution in [3.63, 3.8) is 0 Å². The topological polar surface area (TPSA) is 29.0 Å². The third-order valence-corrected chi connectivity index (χ3v) is 2.87. The van der Waals surface area contributed by atoms with Crippen molar-refractivity contribution >= 4 is 11.6 Å². The van der Waals surface area contributed by atoms with Crippen LogP contribution >= 0.6 is 11.6 Å². The standard InChI is InChI=1S/C12H20ClN3/c1-9(2)7-10(3)16(4)8-11-5-6-12(13)15-14-11/h5-6,9-10H,7-8H2,1-4H3. The Labute approximate surface area is 103 Å². The molecule has 1 aromatic heterocycles. The van der Waals surface area contributed by atoms with Crippen LogP contribution in [0.5, 0.6) is 0 Å². The van der Waals surface area contributed by atoms with Gasteiger partial charge in [-0.1, -0.05) is 25.4 Å². The van der Waals surface area contributed by atoms with Crippen LogP contribution in [0, 0.1) is 5.92 Å². The van der Waals surface area contributed by atoms with Crippen LogP contribution in [0.15, 0.2) is 12.1 Å². The van der Waals surface area contributed by atoms with Crippen molar-refractivity contribution in [2.24, 2.45) is 5.92 Å². The van der Waals surface area contributed by atoms with E-state index < -0.39 is 0 Å². The van der Waals surface area contributed by atoms with E-state index in [1.807, 2.05) is 6.07 Å². The van der Waals surface area contributed by atoms with Gasteiger partial charge < -0.3 is 0 Å². The summed E-state index contributed by atoms with van der Waals surface area (Å²) < 4.78 is 0. The summed E-state index contributed by atoms with van der Waals surface area (Å²) in [5.74, 6) is 0.716. The van der Waals surface area contributed by atoms with E-state index in [1.165, 1.54) is 6.42 Å². The summed E-state index contributed by atoms with van der Waals surface area (Å²) in [6.07, 6.45) is 1.19. The molecule has 0 radical (unpaired) electrons. The predicted molar refractivity (Wildman–Crippen MR) is 67.4 cm³/mol. The highest BCUT2D eigenvalue weighted by Gasteiger charge is 2.11. The van der Waals surface area contributed by atoms with Gasteiger partial charge >= 0.3 is 0 Å². The third kappa shape index (κ3) is 4.45. The Morgan fingerprint density at radius 3 is 2.44 bits per heavy atom. The molecule has 0 aromatic carbocycles. The fraction of sp³-hybridized carbons (Fsp3) is 0.667. The van der Waals surface area contributed by atoms with Crippen molar-refractivity contribution in [2.45, 2.75) is 39.8 Å². The van der Waals surface area contributed by atoms with Gasteiger partial charge in [-0.2, -0.15) is 5.10 Å². The molecule has 1 aromatic rings. The molecule has 0 aliphatic heterocycles. The highest BCUT2D eigenvalue weighted by molar-refractivity contribution is 6.29. The third-order valence-electron chi connectivity index (χ3n) is 2.66. The number of halogens is 1. The number of rotatable bonds is 5. The number of hydrogen-bond donors (Lipinski definition) is 0. The van der Waals surface area contributed by atoms with E-state index in [0.29, 0.717) is 17.1 Å². The van der Waals surface area contributed by atoms with Crippen LogP contribution in [0.2, 0.25) is 5.15 Å². The van der Waals surface area contributed by atoms with Crippen LogP contribution in [0.1, 0.15) is 32.9 Å². The summed E-state index contributed by atoms with van der Waals surface area (Å²) in [6, 6.07) is 4.26. The molecule has 1 atom stereocenters. The molecule has 0 aliphatic rings. The fourth-order valence-electron chi connectivity index (χ4n) is 1.70. The second-order valence-electron chi connectivity index (χ2n) is 4.74. The Hall–Kier alpha value is -0.670. The van der Waals surface area contributed by atoms with Gasteiger partial charge in [-0.05, 0) is 38.4 Å². The van der Waals surface area contributed by atoms with Gasteiger partial charge in [0.1, 0.15) is 0 Å². The van der Waals surface area contributed by atoms with Gasteiger partial charge in [0.25, 0.3) is 0 Å². The molecule has 16 heavy (non-hydrogen) atoms. The first kappa shape index (κ1) is 13.4. The monoisotopic (exact) mass is 241 g/mol. The maximum Gasteiger partial charge on any atom is 0.151 e. The lowest BCUT2D eigenvalue weighted by atomic mass is 10.0. The van der Waals surface area contributed by atoms with E-state index >= 15 is 0 Å². The quantitative estimate of drug-likeness (QED) is 0.794. The lowest BCUT2D eigenvalue weighted by Crippen LogP contribution is -2.30. The van der Waals surface area contributed by atoms with Crippen LogP contribution in [-0.4, -0.2) is 28.2 Å². The van der Waals surface area contributed by atoms with E-state index in [1.54, 1.807) is 6.07 Å². The molecule has 90 valence electrons. The Kier molecular flexibility index (Phi) is 5.16.